The topological polar surface area (TPSA) is 67.4 Å². The van der Waals surface area contributed by atoms with Crippen LogP contribution in [0.1, 0.15) is 42.7 Å². The largest absolute Gasteiger partial charge is 0.462 e. The number of hydrogen-bond acceptors (Lipinski definition) is 4. The number of amides is 1. The summed E-state index contributed by atoms with van der Waals surface area (Å²) in [4.78, 5) is 23.9. The van der Waals surface area contributed by atoms with Gasteiger partial charge in [-0.3, -0.25) is 4.79 Å². The molecule has 1 amide bonds. The Kier molecular flexibility index (Phi) is 7.49. The van der Waals surface area contributed by atoms with E-state index in [1.807, 2.05) is 13.8 Å². The van der Waals surface area contributed by atoms with Crippen molar-refractivity contribution < 1.29 is 18.7 Å². The Labute approximate surface area is 158 Å². The first kappa shape index (κ1) is 20.6. The molecule has 0 aromatic heterocycles. The second-order valence-corrected chi connectivity index (χ2v) is 6.50. The van der Waals surface area contributed by atoms with Crippen LogP contribution in [0.2, 0.25) is 0 Å². The van der Waals surface area contributed by atoms with Crippen LogP contribution >= 0.6 is 0 Å². The predicted molar refractivity (Wildman–Crippen MR) is 103 cm³/mol. The van der Waals surface area contributed by atoms with Crippen LogP contribution in [0.25, 0.3) is 0 Å². The Bertz CT molecular complexity index is 758. The number of nitrogens with one attached hydrogen (secondary N) is 2. The Morgan fingerprint density at radius 1 is 1.04 bits per heavy atom. The molecule has 2 aromatic carbocycles. The van der Waals surface area contributed by atoms with Gasteiger partial charge in [-0.1, -0.05) is 26.0 Å². The maximum atomic E-state index is 13.1. The van der Waals surface area contributed by atoms with Gasteiger partial charge in [0.05, 0.1) is 18.7 Å². The van der Waals surface area contributed by atoms with Crippen molar-refractivity contribution in [1.29, 1.82) is 0 Å². The van der Waals surface area contributed by atoms with Crippen molar-refractivity contribution >= 4 is 17.6 Å². The van der Waals surface area contributed by atoms with E-state index >= 15 is 0 Å². The second-order valence-electron chi connectivity index (χ2n) is 6.50. The van der Waals surface area contributed by atoms with Gasteiger partial charge >= 0.3 is 5.97 Å². The van der Waals surface area contributed by atoms with Crippen molar-refractivity contribution in [2.24, 2.45) is 5.92 Å². The van der Waals surface area contributed by atoms with Crippen LogP contribution in [0.3, 0.4) is 0 Å². The quantitative estimate of drug-likeness (QED) is 0.689. The van der Waals surface area contributed by atoms with E-state index in [4.69, 9.17) is 4.74 Å². The molecule has 0 radical (unpaired) electrons. The maximum absolute atomic E-state index is 13.1. The highest BCUT2D eigenvalue weighted by atomic mass is 19.1. The van der Waals surface area contributed by atoms with Crippen LogP contribution in [0, 0.1) is 11.7 Å². The third-order valence-electron chi connectivity index (χ3n) is 4.06. The molecule has 0 saturated carbocycles. The Morgan fingerprint density at radius 2 is 1.67 bits per heavy atom. The smallest absolute Gasteiger partial charge is 0.338 e. The van der Waals surface area contributed by atoms with E-state index in [0.29, 0.717) is 17.9 Å². The highest BCUT2D eigenvalue weighted by Crippen LogP contribution is 2.21. The van der Waals surface area contributed by atoms with Crippen LogP contribution in [-0.2, 0) is 9.53 Å². The van der Waals surface area contributed by atoms with Gasteiger partial charge < -0.3 is 15.4 Å². The fourth-order valence-corrected chi connectivity index (χ4v) is 2.72. The molecule has 0 unspecified atom stereocenters. The summed E-state index contributed by atoms with van der Waals surface area (Å²) in [6, 6.07) is 12.7. The summed E-state index contributed by atoms with van der Waals surface area (Å²) < 4.78 is 18.0. The number of anilines is 1. The third kappa shape index (κ3) is 6.18. The fraction of sp³-hybridized carbons (Fsp3) is 0.333. The number of rotatable bonds is 8. The molecule has 2 rings (SSSR count). The molecule has 6 heteroatoms. The van der Waals surface area contributed by atoms with Gasteiger partial charge in [0.25, 0.3) is 0 Å². The van der Waals surface area contributed by atoms with Gasteiger partial charge in [0.15, 0.2) is 0 Å². The van der Waals surface area contributed by atoms with E-state index in [1.165, 1.54) is 12.1 Å². The number of carbonyl (C=O) groups excluding carboxylic acids is 2. The predicted octanol–water partition coefficient (Wildman–Crippen LogP) is 3.93. The van der Waals surface area contributed by atoms with Crippen molar-refractivity contribution in [2.75, 3.05) is 18.5 Å². The minimum Gasteiger partial charge on any atom is -0.462 e. The Balaban J connectivity index is 1.92. The van der Waals surface area contributed by atoms with E-state index < -0.39 is 5.97 Å². The molecule has 0 aliphatic carbocycles. The average Bonchev–Trinajstić information content (AvgIpc) is 2.64. The third-order valence-corrected chi connectivity index (χ3v) is 4.06. The lowest BCUT2D eigenvalue weighted by atomic mass is 9.96. The molecule has 0 spiro atoms. The van der Waals surface area contributed by atoms with Crippen molar-refractivity contribution in [3.63, 3.8) is 0 Å². The maximum Gasteiger partial charge on any atom is 0.338 e. The molecule has 2 N–H and O–H groups in total. The van der Waals surface area contributed by atoms with Crippen molar-refractivity contribution in [3.8, 4) is 0 Å². The summed E-state index contributed by atoms with van der Waals surface area (Å²) in [7, 11) is 0. The summed E-state index contributed by atoms with van der Waals surface area (Å²) in [5, 5.41) is 5.99. The lowest BCUT2D eigenvalue weighted by Crippen LogP contribution is -2.33. The van der Waals surface area contributed by atoms with E-state index in [-0.39, 0.29) is 30.2 Å². The number of hydrogen-bond donors (Lipinski definition) is 2. The van der Waals surface area contributed by atoms with Crippen LogP contribution < -0.4 is 10.6 Å². The highest BCUT2D eigenvalue weighted by molar-refractivity contribution is 5.94. The lowest BCUT2D eigenvalue weighted by molar-refractivity contribution is -0.115. The van der Waals surface area contributed by atoms with E-state index in [2.05, 4.69) is 10.6 Å². The summed E-state index contributed by atoms with van der Waals surface area (Å²) in [6.07, 6.45) is 0. The fourth-order valence-electron chi connectivity index (χ4n) is 2.72. The summed E-state index contributed by atoms with van der Waals surface area (Å²) in [5.41, 5.74) is 1.96. The van der Waals surface area contributed by atoms with Crippen molar-refractivity contribution in [2.45, 2.75) is 26.8 Å². The molecule has 0 fully saturated rings. The first-order chi connectivity index (χ1) is 12.9. The number of carbonyl (C=O) groups is 2. The molecular formula is C21H25FN2O3. The molecule has 0 saturated heterocycles. The zero-order chi connectivity index (χ0) is 19.8. The minimum atomic E-state index is -0.392. The molecule has 5 nitrogen and oxygen atoms in total. The zero-order valence-corrected chi connectivity index (χ0v) is 15.8. The van der Waals surface area contributed by atoms with Gasteiger partial charge in [0.1, 0.15) is 5.82 Å². The molecule has 0 aliphatic rings. The van der Waals surface area contributed by atoms with Gasteiger partial charge in [0.2, 0.25) is 5.91 Å². The van der Waals surface area contributed by atoms with Crippen LogP contribution in [-0.4, -0.2) is 25.0 Å². The summed E-state index contributed by atoms with van der Waals surface area (Å²) in [5.74, 6) is -0.653. The first-order valence-corrected chi connectivity index (χ1v) is 8.96. The van der Waals surface area contributed by atoms with Gasteiger partial charge in [0, 0.05) is 11.7 Å². The van der Waals surface area contributed by atoms with Crippen LogP contribution in [0.15, 0.2) is 48.5 Å². The number of ether oxygens (including phenoxy) is 1. The summed E-state index contributed by atoms with van der Waals surface area (Å²) in [6.45, 7) is 6.24. The number of halogens is 1. The molecular weight excluding hydrogens is 347 g/mol. The Morgan fingerprint density at radius 3 is 2.22 bits per heavy atom. The van der Waals surface area contributed by atoms with Crippen molar-refractivity contribution in [3.05, 3.63) is 65.5 Å². The van der Waals surface area contributed by atoms with Crippen LogP contribution in [0.4, 0.5) is 10.1 Å². The average molecular weight is 372 g/mol. The molecule has 0 heterocycles. The second kappa shape index (κ2) is 9.83. The SMILES string of the molecule is CCOC(=O)c1ccc(NC(=O)CN[C@@H](c2ccc(F)cc2)C(C)C)cc1. The lowest BCUT2D eigenvalue weighted by Gasteiger charge is -2.22. The van der Waals surface area contributed by atoms with E-state index in [1.54, 1.807) is 43.3 Å². The molecule has 1 atom stereocenters. The number of benzene rings is 2. The minimum absolute atomic E-state index is 0.0671. The van der Waals surface area contributed by atoms with E-state index in [0.717, 1.165) is 5.56 Å². The van der Waals surface area contributed by atoms with Gasteiger partial charge in [-0.05, 0) is 54.8 Å². The van der Waals surface area contributed by atoms with Crippen molar-refractivity contribution in [1.82, 2.24) is 5.32 Å². The molecule has 0 aliphatic heterocycles. The molecule has 0 bridgehead atoms. The first-order valence-electron chi connectivity index (χ1n) is 8.96. The highest BCUT2D eigenvalue weighted by Gasteiger charge is 2.17. The molecule has 144 valence electrons. The Hall–Kier alpha value is -2.73. The van der Waals surface area contributed by atoms with E-state index in [9.17, 15) is 14.0 Å². The number of esters is 1. The molecule has 27 heavy (non-hydrogen) atoms. The van der Waals surface area contributed by atoms with Gasteiger partial charge in [-0.2, -0.15) is 0 Å². The molecule has 2 aromatic rings. The normalized spacial score (nSPS) is 11.9. The van der Waals surface area contributed by atoms with Crippen LogP contribution in [0.5, 0.6) is 0 Å². The standard InChI is InChI=1S/C21H25FN2O3/c1-4-27-21(26)16-7-11-18(12-8-16)24-19(25)13-23-20(14(2)3)15-5-9-17(22)10-6-15/h5-12,14,20,23H,4,13H2,1-3H3,(H,24,25)/t20-/m1/s1. The van der Waals surface area contributed by atoms with Gasteiger partial charge in [-0.25, -0.2) is 9.18 Å². The summed E-state index contributed by atoms with van der Waals surface area (Å²) >= 11 is 0. The monoisotopic (exact) mass is 372 g/mol. The zero-order valence-electron chi connectivity index (χ0n) is 15.8. The van der Waals surface area contributed by atoms with Gasteiger partial charge in [-0.15, -0.1) is 0 Å².